The molecule has 0 saturated heterocycles. The summed E-state index contributed by atoms with van der Waals surface area (Å²) in [5, 5.41) is -0.185. The Bertz CT molecular complexity index is 1460. The number of ether oxygens (including phenoxy) is 1. The van der Waals surface area contributed by atoms with Crippen molar-refractivity contribution in [3.8, 4) is 0 Å². The quantitative estimate of drug-likeness (QED) is 0.120. The van der Waals surface area contributed by atoms with Crippen molar-refractivity contribution in [1.29, 1.82) is 0 Å². The van der Waals surface area contributed by atoms with Crippen LogP contribution in [0.5, 0.6) is 0 Å². The first-order valence-corrected chi connectivity index (χ1v) is 20.9. The minimum absolute atomic E-state index is 0. The number of halogens is 2. The average molecular weight is 809 g/mol. The van der Waals surface area contributed by atoms with Gasteiger partial charge < -0.3 is 14.5 Å². The Morgan fingerprint density at radius 1 is 0.735 bits per heavy atom. The predicted octanol–water partition coefficient (Wildman–Crippen LogP) is 12.9. The van der Waals surface area contributed by atoms with Crippen molar-refractivity contribution >= 4 is 42.5 Å². The second kappa shape index (κ2) is 16.6. The van der Waals surface area contributed by atoms with E-state index in [9.17, 15) is 0 Å². The number of rotatable bonds is 7. The maximum atomic E-state index is 8.43. The first kappa shape index (κ1) is 38.9. The largest absolute Gasteiger partial charge is 0.501 e. The summed E-state index contributed by atoms with van der Waals surface area (Å²) in [5.74, 6) is 1.11. The van der Waals surface area contributed by atoms with Crippen molar-refractivity contribution in [1.82, 2.24) is 0 Å². The van der Waals surface area contributed by atoms with E-state index in [1.807, 2.05) is 0 Å². The Kier molecular flexibility index (Phi) is 13.2. The molecule has 0 spiro atoms. The molecule has 268 valence electrons. The van der Waals surface area contributed by atoms with E-state index < -0.39 is 12.5 Å². The molecule has 0 N–H and O–H groups in total. The normalized spacial score (nSPS) is 24.7. The van der Waals surface area contributed by atoms with Crippen LogP contribution < -0.4 is 9.80 Å². The topological polar surface area (TPSA) is 15.7 Å². The molecule has 2 unspecified atom stereocenters. The van der Waals surface area contributed by atoms with Crippen LogP contribution in [0.15, 0.2) is 59.9 Å². The van der Waals surface area contributed by atoms with Gasteiger partial charge in [0.15, 0.2) is 0 Å². The van der Waals surface area contributed by atoms with Gasteiger partial charge in [-0.25, -0.2) is 0 Å². The smallest absolute Gasteiger partial charge is 0.127 e. The fraction of sp³-hybridized carbons (Fsp3) is 0.571. The molecule has 4 aliphatic rings. The maximum absolute atomic E-state index is 8.43. The van der Waals surface area contributed by atoms with E-state index >= 15 is 0 Å². The molecule has 2 aromatic rings. The number of anilines is 2. The molecule has 0 radical (unpaired) electrons. The molecular weight excluding hydrogens is 751 g/mol. The zero-order chi connectivity index (χ0) is 34.2. The Balaban J connectivity index is 0.00000468. The van der Waals surface area contributed by atoms with Crippen molar-refractivity contribution in [2.45, 2.75) is 147 Å². The average Bonchev–Trinajstić information content (AvgIpc) is 3.45. The van der Waals surface area contributed by atoms with Crippen LogP contribution in [-0.4, -0.2) is 27.9 Å². The van der Waals surface area contributed by atoms with Gasteiger partial charge in [-0.15, -0.1) is 23.2 Å². The molecule has 3 nitrogen and oxygen atoms in total. The van der Waals surface area contributed by atoms with Gasteiger partial charge in [0.25, 0.3) is 0 Å². The molecule has 0 amide bonds. The molecule has 6 rings (SSSR count). The molecular formula is C42H57Cl2N2OPRu. The monoisotopic (exact) mass is 808 g/mol. The molecule has 49 heavy (non-hydrogen) atoms. The van der Waals surface area contributed by atoms with Crippen LogP contribution in [0.3, 0.4) is 0 Å². The SMILES string of the molecule is CCOC=C1C(=C2N(c3c(C)cc(C)cc3C)C=CN2c2c(C)cc(C)cc2C)C(Cl)CCC1(Cl)P(C1CCCCC1)C1CCCCC1.[Ru]. The number of hydrogen-bond donors (Lipinski definition) is 0. The zero-order valence-corrected chi connectivity index (χ0v) is 35.0. The summed E-state index contributed by atoms with van der Waals surface area (Å²) in [4.78, 5) is 4.83. The Morgan fingerprint density at radius 3 is 1.57 bits per heavy atom. The van der Waals surface area contributed by atoms with E-state index in [0.29, 0.717) is 17.9 Å². The summed E-state index contributed by atoms with van der Waals surface area (Å²) >= 11 is 16.1. The third-order valence-electron chi connectivity index (χ3n) is 11.3. The van der Waals surface area contributed by atoms with Crippen LogP contribution >= 0.6 is 31.1 Å². The summed E-state index contributed by atoms with van der Waals surface area (Å²) in [6.07, 6.45) is 21.7. The zero-order valence-electron chi connectivity index (χ0n) is 30.8. The minimum Gasteiger partial charge on any atom is -0.501 e. The number of allylic oxidation sites excluding steroid dienone is 2. The molecule has 1 heterocycles. The van der Waals surface area contributed by atoms with E-state index in [0.717, 1.165) is 29.8 Å². The van der Waals surface area contributed by atoms with Crippen molar-refractivity contribution in [2.24, 2.45) is 0 Å². The standard InChI is InChI=1S/C42H57Cl2N2OP.Ru/c1-8-47-27-36-38(37(43)19-20-42(36,44)48(34-15-11-9-12-16-34)35-17-13-10-14-18-35)41-45(39-30(4)23-28(2)24-31(39)5)21-22-46(41)40-32(6)25-29(3)26-33(40)7;/h21-27,34-35,37H,8-20H2,1-7H3;. The number of aryl methyl sites for hydroxylation is 6. The number of alkyl halides is 2. The van der Waals surface area contributed by atoms with Gasteiger partial charge in [-0.2, -0.15) is 0 Å². The van der Waals surface area contributed by atoms with Crippen molar-refractivity contribution < 1.29 is 24.2 Å². The van der Waals surface area contributed by atoms with Crippen LogP contribution in [-0.2, 0) is 24.2 Å². The minimum atomic E-state index is -0.517. The van der Waals surface area contributed by atoms with Crippen LogP contribution in [0.25, 0.3) is 0 Å². The van der Waals surface area contributed by atoms with Crippen LogP contribution in [0.1, 0.15) is 117 Å². The molecule has 2 atom stereocenters. The number of nitrogens with zero attached hydrogens (tertiary/aromatic N) is 2. The van der Waals surface area contributed by atoms with Crippen molar-refractivity contribution in [2.75, 3.05) is 16.4 Å². The summed E-state index contributed by atoms with van der Waals surface area (Å²) in [7, 11) is -0.517. The van der Waals surface area contributed by atoms with E-state index in [2.05, 4.69) is 101 Å². The second-order valence-electron chi connectivity index (χ2n) is 15.0. The summed E-state index contributed by atoms with van der Waals surface area (Å²) < 4.78 is 5.88. The van der Waals surface area contributed by atoms with Crippen molar-refractivity contribution in [3.63, 3.8) is 0 Å². The fourth-order valence-electron chi connectivity index (χ4n) is 9.53. The molecule has 0 bridgehead atoms. The Hall–Kier alpha value is -1.31. The fourth-order valence-corrected chi connectivity index (χ4v) is 15.4. The van der Waals surface area contributed by atoms with Crippen LogP contribution in [0.2, 0.25) is 0 Å². The van der Waals surface area contributed by atoms with E-state index in [4.69, 9.17) is 27.9 Å². The van der Waals surface area contributed by atoms with Crippen molar-refractivity contribution in [3.05, 3.63) is 93.3 Å². The second-order valence-corrected chi connectivity index (χ2v) is 19.5. The van der Waals surface area contributed by atoms with E-state index in [1.165, 1.54) is 109 Å². The van der Waals surface area contributed by atoms with Gasteiger partial charge in [0.1, 0.15) is 5.82 Å². The van der Waals surface area contributed by atoms with Gasteiger partial charge in [-0.1, -0.05) is 81.8 Å². The Morgan fingerprint density at radius 2 is 1.16 bits per heavy atom. The predicted molar refractivity (Wildman–Crippen MR) is 210 cm³/mol. The van der Waals surface area contributed by atoms with E-state index in [1.54, 1.807) is 0 Å². The van der Waals surface area contributed by atoms with Gasteiger partial charge in [0.05, 0.1) is 34.2 Å². The maximum Gasteiger partial charge on any atom is 0.127 e. The van der Waals surface area contributed by atoms with Gasteiger partial charge >= 0.3 is 0 Å². The molecule has 2 aromatic carbocycles. The molecule has 0 aromatic heterocycles. The molecule has 1 aliphatic heterocycles. The van der Waals surface area contributed by atoms with Gasteiger partial charge in [-0.05, 0) is 121 Å². The Labute approximate surface area is 321 Å². The number of benzene rings is 2. The van der Waals surface area contributed by atoms with E-state index in [-0.39, 0.29) is 24.9 Å². The van der Waals surface area contributed by atoms with Gasteiger partial charge in [0.2, 0.25) is 0 Å². The van der Waals surface area contributed by atoms with Crippen LogP contribution in [0, 0.1) is 41.5 Å². The third-order valence-corrected chi connectivity index (χ3v) is 16.6. The van der Waals surface area contributed by atoms with Gasteiger partial charge in [0, 0.05) is 43.0 Å². The van der Waals surface area contributed by atoms with Crippen LogP contribution in [0.4, 0.5) is 11.4 Å². The molecule has 7 heteroatoms. The summed E-state index contributed by atoms with van der Waals surface area (Å²) in [6, 6.07) is 9.21. The first-order chi connectivity index (χ1) is 23.0. The van der Waals surface area contributed by atoms with Gasteiger partial charge in [-0.3, -0.25) is 0 Å². The first-order valence-electron chi connectivity index (χ1n) is 18.7. The summed E-state index contributed by atoms with van der Waals surface area (Å²) in [5.41, 5.74) is 13.7. The molecule has 3 aliphatic carbocycles. The molecule has 3 fully saturated rings. The molecule has 3 saturated carbocycles. The summed E-state index contributed by atoms with van der Waals surface area (Å²) in [6.45, 7) is 16.0. The number of hydrogen-bond acceptors (Lipinski definition) is 3. The third kappa shape index (κ3) is 7.75.